The Morgan fingerprint density at radius 2 is 1.59 bits per heavy atom. The molecule has 0 aliphatic heterocycles. The maximum absolute atomic E-state index is 12.7. The monoisotopic (exact) mass is 498 g/mol. The zero-order valence-electron chi connectivity index (χ0n) is 21.1. The molecular formula is C28H30N6O3. The minimum atomic E-state index is -0.832. The van der Waals surface area contributed by atoms with Crippen LogP contribution in [0.15, 0.2) is 71.5 Å². The van der Waals surface area contributed by atoms with E-state index in [1.807, 2.05) is 43.3 Å². The van der Waals surface area contributed by atoms with Gasteiger partial charge in [0.2, 0.25) is 5.95 Å². The van der Waals surface area contributed by atoms with Crippen molar-refractivity contribution in [3.8, 4) is 5.95 Å². The summed E-state index contributed by atoms with van der Waals surface area (Å²) >= 11 is 0. The van der Waals surface area contributed by atoms with Gasteiger partial charge < -0.3 is 10.6 Å². The number of carbonyl (C=O) groups excluding carboxylic acids is 2. The predicted octanol–water partition coefficient (Wildman–Crippen LogP) is 3.41. The lowest BCUT2D eigenvalue weighted by Gasteiger charge is -2.18. The van der Waals surface area contributed by atoms with Gasteiger partial charge in [-0.2, -0.15) is 9.78 Å². The van der Waals surface area contributed by atoms with Crippen LogP contribution in [-0.2, 0) is 16.0 Å². The van der Waals surface area contributed by atoms with Gasteiger partial charge in [-0.05, 0) is 37.8 Å². The second-order valence-electron chi connectivity index (χ2n) is 8.76. The van der Waals surface area contributed by atoms with E-state index in [2.05, 4.69) is 50.0 Å². The maximum atomic E-state index is 12.7. The first-order chi connectivity index (χ1) is 17.9. The first-order valence-corrected chi connectivity index (χ1v) is 12.2. The van der Waals surface area contributed by atoms with E-state index in [9.17, 15) is 14.4 Å². The fourth-order valence-corrected chi connectivity index (χ4v) is 4.34. The van der Waals surface area contributed by atoms with Crippen molar-refractivity contribution in [1.29, 1.82) is 0 Å². The summed E-state index contributed by atoms with van der Waals surface area (Å²) in [5.74, 6) is -1.12. The Morgan fingerprint density at radius 3 is 2.16 bits per heavy atom. The lowest BCUT2D eigenvalue weighted by Crippen LogP contribution is -2.37. The van der Waals surface area contributed by atoms with Crippen LogP contribution in [0.5, 0.6) is 0 Å². The minimum absolute atomic E-state index is 0.0760. The molecule has 2 heterocycles. The zero-order valence-corrected chi connectivity index (χ0v) is 21.1. The Labute approximate surface area is 215 Å². The average molecular weight is 499 g/mol. The van der Waals surface area contributed by atoms with Gasteiger partial charge >= 0.3 is 11.8 Å². The number of rotatable bonds is 8. The Balaban J connectivity index is 1.44. The molecule has 2 aromatic carbocycles. The van der Waals surface area contributed by atoms with Gasteiger partial charge in [0.1, 0.15) is 5.82 Å². The van der Waals surface area contributed by atoms with Gasteiger partial charge in [-0.25, -0.2) is 4.98 Å². The van der Waals surface area contributed by atoms with Gasteiger partial charge in [-0.1, -0.05) is 67.6 Å². The lowest BCUT2D eigenvalue weighted by molar-refractivity contribution is -0.136. The number of benzene rings is 2. The number of anilines is 1. The third-order valence-electron chi connectivity index (χ3n) is 6.17. The molecule has 9 nitrogen and oxygen atoms in total. The SMILES string of the molecule is CCc1c(C)nc(-n2nc(C)cc2NC(=O)C(=O)NCCC(c2ccccc2)c2ccccc2)[nH]c1=O. The van der Waals surface area contributed by atoms with Crippen LogP contribution < -0.4 is 16.2 Å². The van der Waals surface area contributed by atoms with E-state index in [0.717, 1.165) is 11.1 Å². The highest BCUT2D eigenvalue weighted by molar-refractivity contribution is 6.39. The molecule has 9 heteroatoms. The van der Waals surface area contributed by atoms with Crippen LogP contribution in [0.3, 0.4) is 0 Å². The van der Waals surface area contributed by atoms with E-state index in [4.69, 9.17) is 0 Å². The summed E-state index contributed by atoms with van der Waals surface area (Å²) in [5, 5.41) is 9.63. The molecule has 0 radical (unpaired) electrons. The number of aryl methyl sites for hydroxylation is 2. The number of aromatic amines is 1. The maximum Gasteiger partial charge on any atom is 0.314 e. The molecule has 190 valence electrons. The van der Waals surface area contributed by atoms with Crippen LogP contribution in [0.2, 0.25) is 0 Å². The van der Waals surface area contributed by atoms with Crippen molar-refractivity contribution >= 4 is 17.6 Å². The topological polar surface area (TPSA) is 122 Å². The highest BCUT2D eigenvalue weighted by Crippen LogP contribution is 2.27. The first-order valence-electron chi connectivity index (χ1n) is 12.2. The number of H-pyrrole nitrogens is 1. The van der Waals surface area contributed by atoms with Crippen LogP contribution in [0.1, 0.15) is 47.3 Å². The normalized spacial score (nSPS) is 10.9. The van der Waals surface area contributed by atoms with Crippen LogP contribution in [0, 0.1) is 13.8 Å². The van der Waals surface area contributed by atoms with E-state index in [1.165, 1.54) is 4.68 Å². The summed E-state index contributed by atoms with van der Waals surface area (Å²) in [4.78, 5) is 44.8. The number of amides is 2. The smallest absolute Gasteiger partial charge is 0.314 e. The minimum Gasteiger partial charge on any atom is -0.348 e. The molecule has 2 amide bonds. The Kier molecular flexibility index (Phi) is 7.92. The molecule has 0 saturated heterocycles. The molecule has 0 bridgehead atoms. The highest BCUT2D eigenvalue weighted by atomic mass is 16.2. The average Bonchev–Trinajstić information content (AvgIpc) is 3.27. The number of aromatic nitrogens is 4. The highest BCUT2D eigenvalue weighted by Gasteiger charge is 2.20. The van der Waals surface area contributed by atoms with Crippen LogP contribution >= 0.6 is 0 Å². The van der Waals surface area contributed by atoms with E-state index in [1.54, 1.807) is 19.9 Å². The molecular weight excluding hydrogens is 468 g/mol. The van der Waals surface area contributed by atoms with Gasteiger partial charge in [-0.3, -0.25) is 19.4 Å². The van der Waals surface area contributed by atoms with Crippen molar-refractivity contribution in [3.63, 3.8) is 0 Å². The third-order valence-corrected chi connectivity index (χ3v) is 6.17. The Bertz CT molecular complexity index is 1400. The molecule has 0 aliphatic rings. The summed E-state index contributed by atoms with van der Waals surface area (Å²) in [6.45, 7) is 5.68. The molecule has 0 unspecified atom stereocenters. The molecule has 0 atom stereocenters. The second-order valence-corrected chi connectivity index (χ2v) is 8.76. The number of hydrogen-bond acceptors (Lipinski definition) is 5. The summed E-state index contributed by atoms with van der Waals surface area (Å²) < 4.78 is 1.31. The lowest BCUT2D eigenvalue weighted by atomic mass is 9.88. The summed E-state index contributed by atoms with van der Waals surface area (Å²) in [5.41, 5.74) is 3.76. The summed E-state index contributed by atoms with van der Waals surface area (Å²) in [7, 11) is 0. The molecule has 4 rings (SSSR count). The van der Waals surface area contributed by atoms with Gasteiger partial charge in [-0.15, -0.1) is 0 Å². The zero-order chi connectivity index (χ0) is 26.4. The van der Waals surface area contributed by atoms with Crippen molar-refractivity contribution in [2.24, 2.45) is 0 Å². The van der Waals surface area contributed by atoms with Crippen molar-refractivity contribution in [2.75, 3.05) is 11.9 Å². The quantitative estimate of drug-likeness (QED) is 0.322. The van der Waals surface area contributed by atoms with Crippen LogP contribution in [0.25, 0.3) is 5.95 Å². The molecule has 2 aromatic heterocycles. The van der Waals surface area contributed by atoms with Crippen molar-refractivity contribution < 1.29 is 9.59 Å². The van der Waals surface area contributed by atoms with Gasteiger partial charge in [0.15, 0.2) is 0 Å². The Morgan fingerprint density at radius 1 is 0.973 bits per heavy atom. The van der Waals surface area contributed by atoms with Gasteiger partial charge in [0.25, 0.3) is 5.56 Å². The summed E-state index contributed by atoms with van der Waals surface area (Å²) in [6, 6.07) is 21.7. The molecule has 4 aromatic rings. The molecule has 37 heavy (non-hydrogen) atoms. The standard InChI is InChI=1S/C28H30N6O3/c1-4-22-19(3)30-28(32-25(22)35)34-24(17-18(2)33-34)31-27(37)26(36)29-16-15-23(20-11-7-5-8-12-20)21-13-9-6-10-14-21/h5-14,17,23H,4,15-16H2,1-3H3,(H,29,36)(H,31,37)(H,30,32,35). The second kappa shape index (κ2) is 11.5. The fraction of sp³-hybridized carbons (Fsp3) is 0.250. The summed E-state index contributed by atoms with van der Waals surface area (Å²) in [6.07, 6.45) is 1.17. The molecule has 3 N–H and O–H groups in total. The number of carbonyl (C=O) groups is 2. The van der Waals surface area contributed by atoms with E-state index < -0.39 is 11.8 Å². The molecule has 0 fully saturated rings. The fourth-order valence-electron chi connectivity index (χ4n) is 4.34. The van der Waals surface area contributed by atoms with Crippen LogP contribution in [0.4, 0.5) is 5.82 Å². The van der Waals surface area contributed by atoms with Crippen molar-refractivity contribution in [3.05, 3.63) is 105 Å². The van der Waals surface area contributed by atoms with Gasteiger partial charge in [0, 0.05) is 29.8 Å². The van der Waals surface area contributed by atoms with Crippen molar-refractivity contribution in [2.45, 2.75) is 39.5 Å². The number of nitrogens with zero attached hydrogens (tertiary/aromatic N) is 3. The van der Waals surface area contributed by atoms with E-state index in [0.29, 0.717) is 36.3 Å². The largest absolute Gasteiger partial charge is 0.348 e. The van der Waals surface area contributed by atoms with E-state index >= 15 is 0 Å². The Hall–Kier alpha value is -4.53. The molecule has 0 spiro atoms. The third kappa shape index (κ3) is 6.00. The van der Waals surface area contributed by atoms with Crippen molar-refractivity contribution in [1.82, 2.24) is 25.1 Å². The first kappa shape index (κ1) is 25.6. The van der Waals surface area contributed by atoms with Crippen LogP contribution in [-0.4, -0.2) is 38.1 Å². The number of hydrogen-bond donors (Lipinski definition) is 3. The van der Waals surface area contributed by atoms with Gasteiger partial charge in [0.05, 0.1) is 5.69 Å². The predicted molar refractivity (Wildman–Crippen MR) is 142 cm³/mol. The number of nitrogens with one attached hydrogen (secondary N) is 3. The molecule has 0 saturated carbocycles. The molecule has 0 aliphatic carbocycles. The van der Waals surface area contributed by atoms with E-state index in [-0.39, 0.29) is 23.2 Å².